The van der Waals surface area contributed by atoms with E-state index in [2.05, 4.69) is 0 Å². The van der Waals surface area contributed by atoms with E-state index in [4.69, 9.17) is 23.2 Å². The monoisotopic (exact) mass is 453 g/mol. The molecule has 0 aliphatic carbocycles. The average molecular weight is 454 g/mol. The molecule has 1 atom stereocenters. The van der Waals surface area contributed by atoms with Gasteiger partial charge in [-0.15, -0.1) is 0 Å². The first-order valence-electron chi connectivity index (χ1n) is 10.0. The van der Waals surface area contributed by atoms with Gasteiger partial charge < -0.3 is 10.0 Å². The van der Waals surface area contributed by atoms with Crippen LogP contribution < -0.4 is 4.90 Å². The van der Waals surface area contributed by atoms with Gasteiger partial charge in [0.1, 0.15) is 0 Å². The van der Waals surface area contributed by atoms with Crippen LogP contribution in [0.3, 0.4) is 0 Å². The van der Waals surface area contributed by atoms with Crippen molar-refractivity contribution in [1.82, 2.24) is 0 Å². The third-order valence-electron chi connectivity index (χ3n) is 5.72. The number of rotatable bonds is 6. The number of nitrogens with zero attached hydrogens (tertiary/aromatic N) is 1. The minimum absolute atomic E-state index is 0.0933. The first kappa shape index (κ1) is 21.6. The zero-order chi connectivity index (χ0) is 22.2. The molecular formula is C25H21Cl2NO3. The van der Waals surface area contributed by atoms with Gasteiger partial charge in [0.15, 0.2) is 11.4 Å². The normalized spacial score (nSPS) is 17.7. The molecule has 0 spiro atoms. The van der Waals surface area contributed by atoms with Crippen molar-refractivity contribution in [3.05, 3.63) is 99.0 Å². The van der Waals surface area contributed by atoms with E-state index in [-0.39, 0.29) is 18.7 Å². The lowest BCUT2D eigenvalue weighted by Gasteiger charge is -2.23. The molecule has 1 heterocycles. The van der Waals surface area contributed by atoms with Gasteiger partial charge in [-0.3, -0.25) is 9.59 Å². The molecule has 0 bridgehead atoms. The number of aliphatic hydroxyl groups is 1. The van der Waals surface area contributed by atoms with Crippen molar-refractivity contribution in [3.63, 3.8) is 0 Å². The molecule has 1 aliphatic rings. The number of ketones is 1. The van der Waals surface area contributed by atoms with Gasteiger partial charge in [-0.2, -0.15) is 0 Å². The predicted molar refractivity (Wildman–Crippen MR) is 123 cm³/mol. The van der Waals surface area contributed by atoms with Crippen molar-refractivity contribution < 1.29 is 14.7 Å². The number of Topliss-reactive ketones (excluding diaryl/α,β-unsaturated/α-hetero) is 1. The van der Waals surface area contributed by atoms with Crippen molar-refractivity contribution in [2.75, 3.05) is 4.90 Å². The fraction of sp³-hybridized carbons (Fsp3) is 0.200. The Kier molecular flexibility index (Phi) is 5.89. The molecule has 158 valence electrons. The average Bonchev–Trinajstić information content (AvgIpc) is 2.98. The molecule has 0 aromatic heterocycles. The van der Waals surface area contributed by atoms with Gasteiger partial charge in [0.25, 0.3) is 5.91 Å². The number of fused-ring (bicyclic) bond motifs is 1. The topological polar surface area (TPSA) is 57.6 Å². The van der Waals surface area contributed by atoms with Crippen molar-refractivity contribution in [3.8, 4) is 0 Å². The van der Waals surface area contributed by atoms with Crippen LogP contribution in [0.25, 0.3) is 0 Å². The van der Waals surface area contributed by atoms with Crippen LogP contribution in [0.4, 0.5) is 5.69 Å². The van der Waals surface area contributed by atoms with Crippen LogP contribution in [-0.4, -0.2) is 16.8 Å². The summed E-state index contributed by atoms with van der Waals surface area (Å²) in [5.74, 6) is -0.867. The van der Waals surface area contributed by atoms with Crippen LogP contribution in [0.2, 0.25) is 10.0 Å². The van der Waals surface area contributed by atoms with Crippen LogP contribution in [0.5, 0.6) is 0 Å². The Morgan fingerprint density at radius 2 is 1.61 bits per heavy atom. The molecular weight excluding hydrogens is 433 g/mol. The number of carbonyl (C=O) groups is 2. The van der Waals surface area contributed by atoms with Crippen LogP contribution in [-0.2, 0) is 23.4 Å². The summed E-state index contributed by atoms with van der Waals surface area (Å²) in [7, 11) is 0. The highest BCUT2D eigenvalue weighted by atomic mass is 35.5. The number of amides is 1. The Bertz CT molecular complexity index is 1140. The van der Waals surface area contributed by atoms with Gasteiger partial charge in [0.2, 0.25) is 0 Å². The number of hydrogen-bond donors (Lipinski definition) is 1. The number of carbonyl (C=O) groups excluding carboxylic acids is 2. The van der Waals surface area contributed by atoms with E-state index in [0.29, 0.717) is 32.4 Å². The van der Waals surface area contributed by atoms with E-state index >= 15 is 0 Å². The Morgan fingerprint density at radius 3 is 2.26 bits per heavy atom. The molecule has 1 amide bonds. The van der Waals surface area contributed by atoms with Crippen molar-refractivity contribution in [2.45, 2.75) is 31.9 Å². The number of halogens is 2. The summed E-state index contributed by atoms with van der Waals surface area (Å²) >= 11 is 12.6. The highest BCUT2D eigenvalue weighted by Crippen LogP contribution is 2.44. The molecule has 3 aromatic carbocycles. The second-order valence-electron chi connectivity index (χ2n) is 7.62. The summed E-state index contributed by atoms with van der Waals surface area (Å²) in [6, 6.07) is 19.3. The van der Waals surface area contributed by atoms with Gasteiger partial charge in [-0.05, 0) is 30.2 Å². The fourth-order valence-corrected chi connectivity index (χ4v) is 4.45. The van der Waals surface area contributed by atoms with E-state index in [1.54, 1.807) is 54.6 Å². The second-order valence-corrected chi connectivity index (χ2v) is 8.43. The maximum atomic E-state index is 13.4. The summed E-state index contributed by atoms with van der Waals surface area (Å²) in [5, 5.41) is 12.3. The third-order valence-corrected chi connectivity index (χ3v) is 6.43. The van der Waals surface area contributed by atoms with E-state index in [0.717, 1.165) is 12.0 Å². The van der Waals surface area contributed by atoms with E-state index < -0.39 is 11.5 Å². The Hall–Kier alpha value is -2.66. The van der Waals surface area contributed by atoms with Gasteiger partial charge in [0.05, 0.1) is 18.7 Å². The van der Waals surface area contributed by atoms with E-state index in [9.17, 15) is 14.7 Å². The molecule has 4 rings (SSSR count). The number of aryl methyl sites for hydroxylation is 1. The van der Waals surface area contributed by atoms with Gasteiger partial charge in [0, 0.05) is 26.7 Å². The predicted octanol–water partition coefficient (Wildman–Crippen LogP) is 5.56. The number of hydrogen-bond acceptors (Lipinski definition) is 3. The molecule has 6 heteroatoms. The quantitative estimate of drug-likeness (QED) is 0.496. The summed E-state index contributed by atoms with van der Waals surface area (Å²) in [6.07, 6.45) is 0.519. The molecule has 0 radical (unpaired) electrons. The number of para-hydroxylation sites is 1. The second kappa shape index (κ2) is 8.46. The zero-order valence-electron chi connectivity index (χ0n) is 16.9. The highest BCUT2D eigenvalue weighted by Gasteiger charge is 2.50. The molecule has 0 saturated carbocycles. The van der Waals surface area contributed by atoms with Crippen molar-refractivity contribution >= 4 is 40.6 Å². The Morgan fingerprint density at radius 1 is 0.968 bits per heavy atom. The van der Waals surface area contributed by atoms with E-state index in [1.165, 1.54) is 4.90 Å². The van der Waals surface area contributed by atoms with E-state index in [1.807, 2.05) is 19.1 Å². The molecule has 4 nitrogen and oxygen atoms in total. The van der Waals surface area contributed by atoms with Gasteiger partial charge in [-0.1, -0.05) is 78.7 Å². The first-order chi connectivity index (χ1) is 14.8. The maximum absolute atomic E-state index is 13.4. The first-order valence-corrected chi connectivity index (χ1v) is 10.8. The Labute approximate surface area is 191 Å². The number of benzene rings is 3. The summed E-state index contributed by atoms with van der Waals surface area (Å²) in [4.78, 5) is 27.8. The molecule has 1 unspecified atom stereocenters. The summed E-state index contributed by atoms with van der Waals surface area (Å²) in [6.45, 7) is 2.13. The van der Waals surface area contributed by atoms with Crippen LogP contribution in [0.15, 0.2) is 66.7 Å². The lowest BCUT2D eigenvalue weighted by molar-refractivity contribution is -0.136. The van der Waals surface area contributed by atoms with Crippen molar-refractivity contribution in [2.24, 2.45) is 0 Å². The smallest absolute Gasteiger partial charge is 0.264 e. The molecule has 0 fully saturated rings. The highest BCUT2D eigenvalue weighted by molar-refractivity contribution is 6.36. The largest absolute Gasteiger partial charge is 0.375 e. The minimum atomic E-state index is -1.95. The van der Waals surface area contributed by atoms with Gasteiger partial charge >= 0.3 is 0 Å². The van der Waals surface area contributed by atoms with Crippen LogP contribution >= 0.6 is 23.2 Å². The fourth-order valence-electron chi connectivity index (χ4n) is 3.94. The molecule has 1 aliphatic heterocycles. The lowest BCUT2D eigenvalue weighted by atomic mass is 9.88. The van der Waals surface area contributed by atoms with Crippen LogP contribution in [0, 0.1) is 0 Å². The molecule has 31 heavy (non-hydrogen) atoms. The third kappa shape index (κ3) is 3.87. The molecule has 3 aromatic rings. The zero-order valence-corrected chi connectivity index (χ0v) is 18.5. The lowest BCUT2D eigenvalue weighted by Crippen LogP contribution is -2.41. The SMILES string of the molecule is CCc1ccc(C(=O)CC2(O)C(=O)N(Cc3c(Cl)cccc3Cl)c3ccccc32)cc1. The standard InChI is InChI=1S/C25H21Cl2NO3/c1-2-16-10-12-17(13-11-16)23(29)14-25(31)19-6-3-4-9-22(19)28(24(25)30)15-18-20(26)7-5-8-21(18)27/h3-13,31H,2,14-15H2,1H3. The summed E-state index contributed by atoms with van der Waals surface area (Å²) < 4.78 is 0. The Balaban J connectivity index is 1.68. The maximum Gasteiger partial charge on any atom is 0.264 e. The summed E-state index contributed by atoms with van der Waals surface area (Å²) in [5.41, 5.74) is 1.15. The number of anilines is 1. The van der Waals surface area contributed by atoms with Crippen molar-refractivity contribution in [1.29, 1.82) is 0 Å². The van der Waals surface area contributed by atoms with Crippen LogP contribution in [0.1, 0.15) is 40.4 Å². The molecule has 0 saturated heterocycles. The minimum Gasteiger partial charge on any atom is -0.375 e. The van der Waals surface area contributed by atoms with Gasteiger partial charge in [-0.25, -0.2) is 0 Å². The molecule has 1 N–H and O–H groups in total.